The molecule has 0 bridgehead atoms. The zero-order valence-corrected chi connectivity index (χ0v) is 13.8. The highest BCUT2D eigenvalue weighted by Crippen LogP contribution is 2.30. The number of aromatic nitrogens is 2. The standard InChI is InChI=1S/C14H22N4O3S/c1-17-12-6-3-5-11(10(12)9-15-17)16-14(19)13-7-4-8-18(13)22(2,20)21/h9,11,13H,3-8H2,1-2H3,(H,16,19)/t11-,13-/m0/s1. The van der Waals surface area contributed by atoms with E-state index in [1.165, 1.54) is 10.6 Å². The number of nitrogens with one attached hydrogen (secondary N) is 1. The molecule has 2 aliphatic rings. The summed E-state index contributed by atoms with van der Waals surface area (Å²) in [5.41, 5.74) is 2.22. The van der Waals surface area contributed by atoms with Gasteiger partial charge in [0.15, 0.2) is 0 Å². The lowest BCUT2D eigenvalue weighted by atomic mass is 9.92. The molecule has 0 saturated carbocycles. The van der Waals surface area contributed by atoms with Crippen molar-refractivity contribution in [2.75, 3.05) is 12.8 Å². The summed E-state index contributed by atoms with van der Waals surface area (Å²) in [6.07, 6.45) is 7.13. The van der Waals surface area contributed by atoms with Crippen LogP contribution in [0, 0.1) is 0 Å². The second-order valence-corrected chi connectivity index (χ2v) is 8.09. The molecule has 1 saturated heterocycles. The van der Waals surface area contributed by atoms with Crippen molar-refractivity contribution in [3.05, 3.63) is 17.5 Å². The van der Waals surface area contributed by atoms with Crippen molar-refractivity contribution < 1.29 is 13.2 Å². The molecule has 122 valence electrons. The Hall–Kier alpha value is -1.41. The number of sulfonamides is 1. The van der Waals surface area contributed by atoms with Gasteiger partial charge in [-0.2, -0.15) is 9.40 Å². The summed E-state index contributed by atoms with van der Waals surface area (Å²) in [4.78, 5) is 12.5. The summed E-state index contributed by atoms with van der Waals surface area (Å²) in [6.45, 7) is 0.430. The predicted molar refractivity (Wildman–Crippen MR) is 81.6 cm³/mol. The van der Waals surface area contributed by atoms with Gasteiger partial charge >= 0.3 is 0 Å². The van der Waals surface area contributed by atoms with Gasteiger partial charge in [0.05, 0.1) is 18.5 Å². The summed E-state index contributed by atoms with van der Waals surface area (Å²) in [5.74, 6) is -0.190. The zero-order chi connectivity index (χ0) is 15.9. The molecule has 1 aromatic heterocycles. The van der Waals surface area contributed by atoms with Crippen LogP contribution in [0.3, 0.4) is 0 Å². The van der Waals surface area contributed by atoms with Gasteiger partial charge in [0.1, 0.15) is 6.04 Å². The molecule has 2 atom stereocenters. The molecule has 22 heavy (non-hydrogen) atoms. The van der Waals surface area contributed by atoms with E-state index in [9.17, 15) is 13.2 Å². The van der Waals surface area contributed by atoms with Crippen LogP contribution in [0.4, 0.5) is 0 Å². The Labute approximate surface area is 130 Å². The van der Waals surface area contributed by atoms with Crippen LogP contribution < -0.4 is 5.32 Å². The van der Waals surface area contributed by atoms with Crippen molar-refractivity contribution >= 4 is 15.9 Å². The van der Waals surface area contributed by atoms with Gasteiger partial charge in [-0.3, -0.25) is 9.48 Å². The Balaban J connectivity index is 1.75. The summed E-state index contributed by atoms with van der Waals surface area (Å²) in [5, 5.41) is 7.30. The minimum absolute atomic E-state index is 0.0630. The van der Waals surface area contributed by atoms with E-state index in [0.29, 0.717) is 13.0 Å². The molecular formula is C14H22N4O3S. The van der Waals surface area contributed by atoms with E-state index in [0.717, 1.165) is 36.9 Å². The molecule has 1 aromatic rings. The lowest BCUT2D eigenvalue weighted by Gasteiger charge is -2.27. The molecule has 0 aromatic carbocycles. The van der Waals surface area contributed by atoms with Crippen LogP contribution >= 0.6 is 0 Å². The molecule has 0 spiro atoms. The van der Waals surface area contributed by atoms with Gasteiger partial charge in [-0.25, -0.2) is 8.42 Å². The number of aryl methyl sites for hydroxylation is 1. The third-order valence-electron chi connectivity index (χ3n) is 4.62. The van der Waals surface area contributed by atoms with Gasteiger partial charge < -0.3 is 5.32 Å². The van der Waals surface area contributed by atoms with Gasteiger partial charge in [0.25, 0.3) is 0 Å². The molecule has 1 fully saturated rings. The van der Waals surface area contributed by atoms with E-state index < -0.39 is 16.1 Å². The van der Waals surface area contributed by atoms with E-state index in [4.69, 9.17) is 0 Å². The Morgan fingerprint density at radius 3 is 2.86 bits per heavy atom. The molecule has 0 radical (unpaired) electrons. The highest BCUT2D eigenvalue weighted by Gasteiger charge is 2.37. The molecular weight excluding hydrogens is 304 g/mol. The van der Waals surface area contributed by atoms with Crippen LogP contribution in [0.2, 0.25) is 0 Å². The summed E-state index contributed by atoms with van der Waals surface area (Å²) in [7, 11) is -1.43. The lowest BCUT2D eigenvalue weighted by molar-refractivity contribution is -0.125. The quantitative estimate of drug-likeness (QED) is 0.868. The molecule has 7 nitrogen and oxygen atoms in total. The number of carbonyl (C=O) groups is 1. The summed E-state index contributed by atoms with van der Waals surface area (Å²) >= 11 is 0. The van der Waals surface area contributed by atoms with Crippen LogP contribution in [0.25, 0.3) is 0 Å². The Morgan fingerprint density at radius 1 is 1.36 bits per heavy atom. The highest BCUT2D eigenvalue weighted by atomic mass is 32.2. The van der Waals surface area contributed by atoms with Gasteiger partial charge in [0, 0.05) is 24.8 Å². The highest BCUT2D eigenvalue weighted by molar-refractivity contribution is 7.88. The zero-order valence-electron chi connectivity index (χ0n) is 12.9. The maximum atomic E-state index is 12.5. The first-order valence-corrected chi connectivity index (χ1v) is 9.50. The molecule has 1 aliphatic carbocycles. The van der Waals surface area contributed by atoms with Crippen molar-refractivity contribution in [3.63, 3.8) is 0 Å². The van der Waals surface area contributed by atoms with Crippen molar-refractivity contribution in [2.45, 2.75) is 44.2 Å². The van der Waals surface area contributed by atoms with E-state index in [1.54, 1.807) is 0 Å². The average molecular weight is 326 g/mol. The van der Waals surface area contributed by atoms with Crippen LogP contribution in [0.1, 0.15) is 43.0 Å². The Bertz CT molecular complexity index is 682. The fourth-order valence-electron chi connectivity index (χ4n) is 3.52. The minimum Gasteiger partial charge on any atom is -0.348 e. The monoisotopic (exact) mass is 326 g/mol. The Kier molecular flexibility index (Phi) is 3.98. The summed E-state index contributed by atoms with van der Waals surface area (Å²) < 4.78 is 26.7. The normalized spacial score (nSPS) is 25.9. The number of hydrogen-bond donors (Lipinski definition) is 1. The van der Waals surface area contributed by atoms with Gasteiger partial charge in [0.2, 0.25) is 15.9 Å². The minimum atomic E-state index is -3.34. The molecule has 2 heterocycles. The number of nitrogens with zero attached hydrogens (tertiary/aromatic N) is 3. The molecule has 1 N–H and O–H groups in total. The first kappa shape index (κ1) is 15.5. The second kappa shape index (κ2) is 5.66. The van der Waals surface area contributed by atoms with Crippen LogP contribution in [-0.2, 0) is 28.3 Å². The van der Waals surface area contributed by atoms with Crippen LogP contribution in [0.5, 0.6) is 0 Å². The summed E-state index contributed by atoms with van der Waals surface area (Å²) in [6, 6.07) is -0.635. The third-order valence-corrected chi connectivity index (χ3v) is 5.91. The van der Waals surface area contributed by atoms with Crippen molar-refractivity contribution in [1.29, 1.82) is 0 Å². The van der Waals surface area contributed by atoms with E-state index in [1.807, 2.05) is 17.9 Å². The number of fused-ring (bicyclic) bond motifs is 1. The van der Waals surface area contributed by atoms with Crippen LogP contribution in [0.15, 0.2) is 6.20 Å². The number of amides is 1. The smallest absolute Gasteiger partial charge is 0.238 e. The van der Waals surface area contributed by atoms with Crippen molar-refractivity contribution in [3.8, 4) is 0 Å². The first-order valence-electron chi connectivity index (χ1n) is 7.66. The molecule has 0 unspecified atom stereocenters. The van der Waals surface area contributed by atoms with Gasteiger partial charge in [-0.05, 0) is 32.1 Å². The fraction of sp³-hybridized carbons (Fsp3) is 0.714. The number of carbonyl (C=O) groups excluding carboxylic acids is 1. The molecule has 8 heteroatoms. The average Bonchev–Trinajstić information content (AvgIpc) is 3.06. The van der Waals surface area contributed by atoms with Crippen LogP contribution in [-0.4, -0.2) is 47.3 Å². The SMILES string of the molecule is Cn1ncc2c1CCC[C@@H]2NC(=O)[C@@H]1CCCN1S(C)(=O)=O. The maximum absolute atomic E-state index is 12.5. The molecule has 1 aliphatic heterocycles. The van der Waals surface area contributed by atoms with E-state index in [-0.39, 0.29) is 11.9 Å². The molecule has 3 rings (SSSR count). The lowest BCUT2D eigenvalue weighted by Crippen LogP contribution is -2.46. The predicted octanol–water partition coefficient (Wildman–Crippen LogP) is 0.338. The maximum Gasteiger partial charge on any atom is 0.238 e. The van der Waals surface area contributed by atoms with E-state index in [2.05, 4.69) is 10.4 Å². The first-order chi connectivity index (χ1) is 10.4. The van der Waals surface area contributed by atoms with Gasteiger partial charge in [-0.15, -0.1) is 0 Å². The second-order valence-electron chi connectivity index (χ2n) is 6.16. The van der Waals surface area contributed by atoms with Crippen molar-refractivity contribution in [2.24, 2.45) is 7.05 Å². The number of hydrogen-bond acceptors (Lipinski definition) is 4. The Morgan fingerprint density at radius 2 is 2.14 bits per heavy atom. The molecule has 1 amide bonds. The number of rotatable bonds is 3. The topological polar surface area (TPSA) is 84.3 Å². The third kappa shape index (κ3) is 2.77. The largest absolute Gasteiger partial charge is 0.348 e. The van der Waals surface area contributed by atoms with Gasteiger partial charge in [-0.1, -0.05) is 0 Å². The van der Waals surface area contributed by atoms with E-state index >= 15 is 0 Å². The fourth-order valence-corrected chi connectivity index (χ4v) is 4.65. The van der Waals surface area contributed by atoms with Crippen molar-refractivity contribution in [1.82, 2.24) is 19.4 Å².